The Morgan fingerprint density at radius 2 is 1.35 bits per heavy atom. The second-order valence-electron chi connectivity index (χ2n) is 4.36. The lowest BCUT2D eigenvalue weighted by Gasteiger charge is -2.16. The molecule has 0 fully saturated rings. The third-order valence-corrected chi connectivity index (χ3v) is 3.84. The third-order valence-electron chi connectivity index (χ3n) is 2.87. The Morgan fingerprint density at radius 1 is 0.870 bits per heavy atom. The maximum Gasteiger partial charge on any atom is 0.261 e. The Morgan fingerprint density at radius 3 is 1.87 bits per heavy atom. The van der Waals surface area contributed by atoms with E-state index in [1.54, 1.807) is 0 Å². The van der Waals surface area contributed by atoms with Gasteiger partial charge in [-0.2, -0.15) is 0 Å². The molecule has 0 radical (unpaired) electrons. The molecular formula is C14H7Cl3N2O4. The fourth-order valence-corrected chi connectivity index (χ4v) is 2.46. The minimum Gasteiger partial charge on any atom is -0.365 e. The average molecular weight is 374 g/mol. The molecule has 0 bridgehead atoms. The second kappa shape index (κ2) is 6.54. The lowest BCUT2D eigenvalue weighted by Crippen LogP contribution is -2.32. The summed E-state index contributed by atoms with van der Waals surface area (Å²) < 4.78 is 0. The van der Waals surface area contributed by atoms with E-state index in [-0.39, 0.29) is 0 Å². The number of amides is 2. The van der Waals surface area contributed by atoms with E-state index in [1.165, 1.54) is 24.3 Å². The molecule has 2 amide bonds. The van der Waals surface area contributed by atoms with E-state index in [2.05, 4.69) is 5.32 Å². The molecule has 1 aromatic rings. The highest BCUT2D eigenvalue weighted by Gasteiger charge is 2.38. The number of nitrogens with two attached hydrogens (primary N) is 1. The van der Waals surface area contributed by atoms with E-state index in [1.807, 2.05) is 0 Å². The summed E-state index contributed by atoms with van der Waals surface area (Å²) in [7, 11) is 0. The number of allylic oxidation sites excluding steroid dienone is 2. The number of nitrogens with one attached hydrogen (secondary N) is 1. The zero-order valence-corrected chi connectivity index (χ0v) is 13.4. The Balaban J connectivity index is 2.37. The summed E-state index contributed by atoms with van der Waals surface area (Å²) in [6.07, 6.45) is 0. The van der Waals surface area contributed by atoms with Crippen LogP contribution >= 0.6 is 34.8 Å². The number of carbonyl (C=O) groups is 4. The number of ketones is 2. The summed E-state index contributed by atoms with van der Waals surface area (Å²) in [6.45, 7) is 0. The fraction of sp³-hybridized carbons (Fsp3) is 0. The van der Waals surface area contributed by atoms with Gasteiger partial charge in [0.05, 0.1) is 0 Å². The van der Waals surface area contributed by atoms with Crippen molar-refractivity contribution >= 4 is 63.9 Å². The molecule has 9 heteroatoms. The van der Waals surface area contributed by atoms with Crippen LogP contribution in [-0.2, 0) is 19.2 Å². The van der Waals surface area contributed by atoms with Gasteiger partial charge in [0, 0.05) is 10.7 Å². The lowest BCUT2D eigenvalue weighted by atomic mass is 9.95. The van der Waals surface area contributed by atoms with Crippen LogP contribution in [0.2, 0.25) is 5.02 Å². The van der Waals surface area contributed by atoms with Crippen LogP contribution in [0.3, 0.4) is 0 Å². The van der Waals surface area contributed by atoms with Crippen molar-refractivity contribution in [1.82, 2.24) is 0 Å². The van der Waals surface area contributed by atoms with Crippen molar-refractivity contribution in [3.63, 3.8) is 0 Å². The van der Waals surface area contributed by atoms with Crippen molar-refractivity contribution in [1.29, 1.82) is 0 Å². The molecule has 23 heavy (non-hydrogen) atoms. The Bertz CT molecular complexity index is 810. The first-order valence-electron chi connectivity index (χ1n) is 5.99. The molecule has 0 spiro atoms. The third kappa shape index (κ3) is 3.29. The van der Waals surface area contributed by atoms with Gasteiger partial charge in [0.15, 0.2) is 0 Å². The van der Waals surface area contributed by atoms with Crippen molar-refractivity contribution in [2.75, 3.05) is 5.32 Å². The van der Waals surface area contributed by atoms with Crippen LogP contribution in [0.15, 0.2) is 45.5 Å². The minimum atomic E-state index is -1.20. The van der Waals surface area contributed by atoms with Crippen LogP contribution in [0.1, 0.15) is 0 Å². The molecule has 118 valence electrons. The number of Topliss-reactive ketones (excluding diaryl/α,β-unsaturated/α-hetero) is 2. The SMILES string of the molecule is NC(=O)C1=C(Cl)C(=O)C(C(=O)Nc2ccc(Cl)cc2)=C(Cl)C1=O. The first kappa shape index (κ1) is 17.2. The molecular weight excluding hydrogens is 367 g/mol. The van der Waals surface area contributed by atoms with Crippen molar-refractivity contribution in [2.45, 2.75) is 0 Å². The molecule has 0 atom stereocenters. The molecule has 1 aliphatic rings. The Kier molecular flexibility index (Phi) is 4.89. The number of benzene rings is 1. The smallest absolute Gasteiger partial charge is 0.261 e. The van der Waals surface area contributed by atoms with Crippen LogP contribution in [-0.4, -0.2) is 23.4 Å². The van der Waals surface area contributed by atoms with Gasteiger partial charge in [-0.3, -0.25) is 19.2 Å². The van der Waals surface area contributed by atoms with Gasteiger partial charge in [0.25, 0.3) is 11.8 Å². The number of rotatable bonds is 3. The van der Waals surface area contributed by atoms with Gasteiger partial charge in [-0.1, -0.05) is 34.8 Å². The van der Waals surface area contributed by atoms with Gasteiger partial charge in [-0.25, -0.2) is 0 Å². The van der Waals surface area contributed by atoms with E-state index in [9.17, 15) is 19.2 Å². The van der Waals surface area contributed by atoms with Crippen LogP contribution in [0.4, 0.5) is 5.69 Å². The molecule has 0 saturated heterocycles. The molecule has 1 aliphatic carbocycles. The van der Waals surface area contributed by atoms with Crippen LogP contribution in [0, 0.1) is 0 Å². The number of hydrogen-bond donors (Lipinski definition) is 2. The molecule has 6 nitrogen and oxygen atoms in total. The van der Waals surface area contributed by atoms with Gasteiger partial charge in [-0.15, -0.1) is 0 Å². The normalized spacial score (nSPS) is 15.1. The first-order valence-corrected chi connectivity index (χ1v) is 7.13. The van der Waals surface area contributed by atoms with E-state index in [4.69, 9.17) is 40.5 Å². The summed E-state index contributed by atoms with van der Waals surface area (Å²) in [5.41, 5.74) is 3.89. The number of carbonyl (C=O) groups excluding carboxylic acids is 4. The van der Waals surface area contributed by atoms with Gasteiger partial charge < -0.3 is 11.1 Å². The van der Waals surface area contributed by atoms with Gasteiger partial charge in [0.2, 0.25) is 11.6 Å². The average Bonchev–Trinajstić information content (AvgIpc) is 2.48. The van der Waals surface area contributed by atoms with Crippen molar-refractivity contribution in [3.05, 3.63) is 50.5 Å². The van der Waals surface area contributed by atoms with Crippen LogP contribution < -0.4 is 11.1 Å². The fourth-order valence-electron chi connectivity index (χ4n) is 1.80. The number of hydrogen-bond acceptors (Lipinski definition) is 4. The predicted octanol–water partition coefficient (Wildman–Crippen LogP) is 1.90. The number of anilines is 1. The van der Waals surface area contributed by atoms with E-state index in [0.29, 0.717) is 10.7 Å². The minimum absolute atomic E-state index is 0.317. The molecule has 2 rings (SSSR count). The highest BCUT2D eigenvalue weighted by atomic mass is 35.5. The molecule has 0 unspecified atom stereocenters. The summed E-state index contributed by atoms with van der Waals surface area (Å²) >= 11 is 17.1. The van der Waals surface area contributed by atoms with Gasteiger partial charge in [-0.05, 0) is 24.3 Å². The first-order chi connectivity index (χ1) is 10.7. The summed E-state index contributed by atoms with van der Waals surface area (Å²) in [5, 5.41) is 1.36. The molecule has 0 aliphatic heterocycles. The van der Waals surface area contributed by atoms with E-state index in [0.717, 1.165) is 0 Å². The second-order valence-corrected chi connectivity index (χ2v) is 5.55. The van der Waals surface area contributed by atoms with E-state index >= 15 is 0 Å². The highest BCUT2D eigenvalue weighted by Crippen LogP contribution is 2.30. The zero-order valence-electron chi connectivity index (χ0n) is 11.2. The maximum absolute atomic E-state index is 12.2. The van der Waals surface area contributed by atoms with Gasteiger partial charge >= 0.3 is 0 Å². The predicted molar refractivity (Wildman–Crippen MR) is 85.0 cm³/mol. The van der Waals surface area contributed by atoms with Crippen molar-refractivity contribution < 1.29 is 19.2 Å². The maximum atomic E-state index is 12.2. The standard InChI is InChI=1S/C14H7Cl3N2O4/c15-5-1-3-6(4-2-5)19-14(23)8-10(17)11(20)7(13(18)22)9(16)12(8)21/h1-4H,(H2,18,22)(H,19,23). The summed E-state index contributed by atoms with van der Waals surface area (Å²) in [4.78, 5) is 47.4. The highest BCUT2D eigenvalue weighted by molar-refractivity contribution is 6.62. The largest absolute Gasteiger partial charge is 0.365 e. The Labute approximate surface area is 144 Å². The monoisotopic (exact) mass is 372 g/mol. The quantitative estimate of drug-likeness (QED) is 0.623. The van der Waals surface area contributed by atoms with Crippen LogP contribution in [0.5, 0.6) is 0 Å². The lowest BCUT2D eigenvalue weighted by molar-refractivity contribution is -0.123. The summed E-state index contributed by atoms with van der Waals surface area (Å²) in [5.74, 6) is -4.29. The van der Waals surface area contributed by atoms with E-state index < -0.39 is 44.6 Å². The molecule has 3 N–H and O–H groups in total. The molecule has 1 aromatic carbocycles. The molecule has 0 heterocycles. The van der Waals surface area contributed by atoms with Gasteiger partial charge in [0.1, 0.15) is 21.2 Å². The van der Waals surface area contributed by atoms with Crippen molar-refractivity contribution in [2.24, 2.45) is 5.73 Å². The van der Waals surface area contributed by atoms with Crippen molar-refractivity contribution in [3.8, 4) is 0 Å². The zero-order chi connectivity index (χ0) is 17.3. The molecule has 0 aromatic heterocycles. The number of primary amides is 1. The Hall–Kier alpha value is -2.15. The number of halogens is 3. The molecule has 0 saturated carbocycles. The topological polar surface area (TPSA) is 106 Å². The summed E-state index contributed by atoms with van der Waals surface area (Å²) in [6, 6.07) is 5.99. The van der Waals surface area contributed by atoms with Crippen LogP contribution in [0.25, 0.3) is 0 Å².